The molecule has 2 saturated heterocycles. The zero-order valence-corrected chi connectivity index (χ0v) is 24.6. The first kappa shape index (κ1) is 30.7. The lowest BCUT2D eigenvalue weighted by Crippen LogP contribution is -2.48. The van der Waals surface area contributed by atoms with Crippen molar-refractivity contribution in [2.75, 3.05) is 45.1 Å². The molecule has 0 spiro atoms. The SMILES string of the molecule is CCS(=O)(=O)c1ccc(Cl)cc1Cn1cnc2cc(CN3CCC(N4CCOCC4)CC3)c(OC(F)(F)F)cc2c1=O. The van der Waals surface area contributed by atoms with Gasteiger partial charge in [-0.05, 0) is 61.8 Å². The Kier molecular flexibility index (Phi) is 9.14. The number of likely N-dealkylation sites (tertiary alicyclic amines) is 1. The molecule has 5 rings (SSSR count). The maximum Gasteiger partial charge on any atom is 0.573 e. The summed E-state index contributed by atoms with van der Waals surface area (Å²) in [4.78, 5) is 22.3. The van der Waals surface area contributed by atoms with Gasteiger partial charge in [-0.3, -0.25) is 19.2 Å². The second kappa shape index (κ2) is 12.5. The van der Waals surface area contributed by atoms with Crippen LogP contribution in [0, 0.1) is 0 Å². The lowest BCUT2D eigenvalue weighted by Gasteiger charge is -2.40. The van der Waals surface area contributed by atoms with Crippen LogP contribution < -0.4 is 10.3 Å². The number of hydrogen-bond acceptors (Lipinski definition) is 8. The van der Waals surface area contributed by atoms with Gasteiger partial charge < -0.3 is 9.47 Å². The molecule has 3 heterocycles. The fourth-order valence-electron chi connectivity index (χ4n) is 5.62. The largest absolute Gasteiger partial charge is 0.573 e. The minimum atomic E-state index is -4.96. The first-order valence-electron chi connectivity index (χ1n) is 13.8. The van der Waals surface area contributed by atoms with Crippen molar-refractivity contribution in [1.29, 1.82) is 0 Å². The molecule has 14 heteroatoms. The van der Waals surface area contributed by atoms with Crippen LogP contribution in [0.3, 0.4) is 0 Å². The average Bonchev–Trinajstić information content (AvgIpc) is 2.95. The number of hydrogen-bond donors (Lipinski definition) is 0. The Labute approximate surface area is 246 Å². The van der Waals surface area contributed by atoms with Gasteiger partial charge >= 0.3 is 6.36 Å². The normalized spacial score (nSPS) is 18.0. The van der Waals surface area contributed by atoms with Gasteiger partial charge in [0.2, 0.25) is 0 Å². The lowest BCUT2D eigenvalue weighted by atomic mass is 10.0. The van der Waals surface area contributed by atoms with Crippen LogP contribution in [0.2, 0.25) is 5.02 Å². The summed E-state index contributed by atoms with van der Waals surface area (Å²) >= 11 is 6.11. The molecule has 0 saturated carbocycles. The third-order valence-electron chi connectivity index (χ3n) is 7.82. The van der Waals surface area contributed by atoms with Crippen molar-refractivity contribution in [3.63, 3.8) is 0 Å². The molecule has 0 aliphatic carbocycles. The molecule has 2 fully saturated rings. The maximum atomic E-state index is 13.4. The zero-order chi connectivity index (χ0) is 30.1. The van der Waals surface area contributed by atoms with Gasteiger partial charge in [0.25, 0.3) is 5.56 Å². The zero-order valence-electron chi connectivity index (χ0n) is 23.1. The number of nitrogens with zero attached hydrogens (tertiary/aromatic N) is 4. The standard InChI is InChI=1S/C28H32ClF3N4O5S/c1-2-42(38,39)26-4-3-21(29)13-20(26)17-36-18-33-24-14-19(25(41-28(30,31)32)15-23(24)27(36)37)16-34-7-5-22(6-8-34)35-9-11-40-12-10-35/h3-4,13-15,18,22H,2,5-12,16-17H2,1H3. The van der Waals surface area contributed by atoms with Gasteiger partial charge in [0.1, 0.15) is 5.75 Å². The van der Waals surface area contributed by atoms with Gasteiger partial charge in [-0.25, -0.2) is 13.4 Å². The molecular weight excluding hydrogens is 597 g/mol. The number of fused-ring (bicyclic) bond motifs is 1. The number of piperidine rings is 1. The third kappa shape index (κ3) is 7.08. The minimum Gasteiger partial charge on any atom is -0.405 e. The van der Waals surface area contributed by atoms with Gasteiger partial charge in [0.15, 0.2) is 9.84 Å². The number of ether oxygens (including phenoxy) is 2. The Morgan fingerprint density at radius 3 is 2.43 bits per heavy atom. The summed E-state index contributed by atoms with van der Waals surface area (Å²) in [5.41, 5.74) is 0.137. The molecule has 0 atom stereocenters. The number of benzene rings is 2. The van der Waals surface area contributed by atoms with Crippen LogP contribution >= 0.6 is 11.6 Å². The second-order valence-corrected chi connectivity index (χ2v) is 13.2. The van der Waals surface area contributed by atoms with Gasteiger partial charge in [0.05, 0.1) is 47.6 Å². The molecular formula is C28H32ClF3N4O5S. The Hall–Kier alpha value is -2.71. The summed E-state index contributed by atoms with van der Waals surface area (Å²) < 4.78 is 76.5. The summed E-state index contributed by atoms with van der Waals surface area (Å²) in [5.74, 6) is -0.614. The number of aromatic nitrogens is 2. The number of sulfone groups is 1. The quantitative estimate of drug-likeness (QED) is 0.368. The summed E-state index contributed by atoms with van der Waals surface area (Å²) in [6, 6.07) is 7.23. The number of alkyl halides is 3. The van der Waals surface area contributed by atoms with E-state index in [0.29, 0.717) is 32.3 Å². The van der Waals surface area contributed by atoms with Crippen molar-refractivity contribution >= 4 is 32.3 Å². The van der Waals surface area contributed by atoms with Crippen molar-refractivity contribution in [2.45, 2.75) is 50.2 Å². The number of halogens is 4. The van der Waals surface area contributed by atoms with E-state index in [1.807, 2.05) is 0 Å². The summed E-state index contributed by atoms with van der Waals surface area (Å²) in [7, 11) is -3.63. The van der Waals surface area contributed by atoms with E-state index in [1.54, 1.807) is 0 Å². The van der Waals surface area contributed by atoms with E-state index in [4.69, 9.17) is 16.3 Å². The van der Waals surface area contributed by atoms with E-state index in [2.05, 4.69) is 19.5 Å². The number of rotatable bonds is 8. The summed E-state index contributed by atoms with van der Waals surface area (Å²) in [5, 5.41) is 0.204. The first-order chi connectivity index (χ1) is 19.9. The first-order valence-corrected chi connectivity index (χ1v) is 15.8. The van der Waals surface area contributed by atoms with Crippen molar-refractivity contribution in [3.8, 4) is 5.75 Å². The molecule has 42 heavy (non-hydrogen) atoms. The van der Waals surface area contributed by atoms with Gasteiger partial charge in [-0.2, -0.15) is 0 Å². The van der Waals surface area contributed by atoms with Crippen LogP contribution in [0.25, 0.3) is 10.9 Å². The smallest absolute Gasteiger partial charge is 0.405 e. The monoisotopic (exact) mass is 628 g/mol. The van der Waals surface area contributed by atoms with Gasteiger partial charge in [0, 0.05) is 36.3 Å². The molecule has 2 aromatic carbocycles. The minimum absolute atomic E-state index is 0.0234. The third-order valence-corrected chi connectivity index (χ3v) is 9.89. The fourth-order valence-corrected chi connectivity index (χ4v) is 6.93. The van der Waals surface area contributed by atoms with Crippen LogP contribution in [0.5, 0.6) is 5.75 Å². The Morgan fingerprint density at radius 1 is 1.05 bits per heavy atom. The van der Waals surface area contributed by atoms with Crippen LogP contribution in [-0.2, 0) is 27.7 Å². The molecule has 0 bridgehead atoms. The van der Waals surface area contributed by atoms with Crippen molar-refractivity contribution in [1.82, 2.24) is 19.4 Å². The van der Waals surface area contributed by atoms with E-state index >= 15 is 0 Å². The average molecular weight is 629 g/mol. The predicted octanol–water partition coefficient (Wildman–Crippen LogP) is 4.09. The highest BCUT2D eigenvalue weighted by atomic mass is 35.5. The maximum absolute atomic E-state index is 13.4. The van der Waals surface area contributed by atoms with Crippen LogP contribution in [0.4, 0.5) is 13.2 Å². The number of morpholine rings is 1. The van der Waals surface area contributed by atoms with E-state index in [-0.39, 0.29) is 50.8 Å². The Bertz CT molecular complexity index is 1600. The van der Waals surface area contributed by atoms with Crippen LogP contribution in [0.15, 0.2) is 46.3 Å². The van der Waals surface area contributed by atoms with Gasteiger partial charge in [-0.15, -0.1) is 13.2 Å². The molecule has 1 aromatic heterocycles. The van der Waals surface area contributed by atoms with E-state index in [9.17, 15) is 26.4 Å². The highest BCUT2D eigenvalue weighted by molar-refractivity contribution is 7.91. The Balaban J connectivity index is 1.43. The lowest BCUT2D eigenvalue weighted by molar-refractivity contribution is -0.274. The predicted molar refractivity (Wildman–Crippen MR) is 152 cm³/mol. The van der Waals surface area contributed by atoms with E-state index < -0.39 is 27.5 Å². The topological polar surface area (TPSA) is 94.0 Å². The highest BCUT2D eigenvalue weighted by Gasteiger charge is 2.33. The summed E-state index contributed by atoms with van der Waals surface area (Å²) in [6.45, 7) is 6.14. The molecule has 3 aromatic rings. The van der Waals surface area contributed by atoms with Crippen molar-refractivity contribution in [2.24, 2.45) is 0 Å². The highest BCUT2D eigenvalue weighted by Crippen LogP contribution is 2.31. The fraction of sp³-hybridized carbons (Fsp3) is 0.500. The molecule has 2 aliphatic heterocycles. The molecule has 228 valence electrons. The van der Waals surface area contributed by atoms with Crippen molar-refractivity contribution in [3.05, 3.63) is 63.2 Å². The molecule has 9 nitrogen and oxygen atoms in total. The van der Waals surface area contributed by atoms with Crippen LogP contribution in [-0.4, -0.2) is 85.3 Å². The van der Waals surface area contributed by atoms with E-state index in [1.165, 1.54) is 37.5 Å². The molecule has 0 unspecified atom stereocenters. The van der Waals surface area contributed by atoms with Gasteiger partial charge in [-0.1, -0.05) is 18.5 Å². The van der Waals surface area contributed by atoms with Crippen molar-refractivity contribution < 1.29 is 31.1 Å². The molecule has 0 radical (unpaired) electrons. The molecule has 2 aliphatic rings. The van der Waals surface area contributed by atoms with E-state index in [0.717, 1.165) is 36.6 Å². The Morgan fingerprint density at radius 2 is 1.76 bits per heavy atom. The second-order valence-electron chi connectivity index (χ2n) is 10.5. The van der Waals surface area contributed by atoms with Crippen LogP contribution in [0.1, 0.15) is 30.9 Å². The molecule has 0 N–H and O–H groups in total. The summed E-state index contributed by atoms with van der Waals surface area (Å²) in [6.07, 6.45) is -1.91. The molecule has 0 amide bonds.